The van der Waals surface area contributed by atoms with Crippen LogP contribution >= 0.6 is 0 Å². The molecule has 18 heavy (non-hydrogen) atoms. The number of rotatable bonds is 4. The van der Waals surface area contributed by atoms with Crippen molar-refractivity contribution in [2.24, 2.45) is 5.73 Å². The van der Waals surface area contributed by atoms with E-state index in [1.807, 2.05) is 0 Å². The molecule has 0 fully saturated rings. The van der Waals surface area contributed by atoms with E-state index in [1.165, 1.54) is 12.1 Å². The first-order valence-corrected chi connectivity index (χ1v) is 5.15. The Labute approximate surface area is 102 Å². The van der Waals surface area contributed by atoms with Crippen molar-refractivity contribution in [2.75, 3.05) is 13.2 Å². The molecule has 100 valence electrons. The molecule has 0 heterocycles. The zero-order chi connectivity index (χ0) is 13.8. The Bertz CT molecular complexity index is 421. The number of aliphatic hydroxyl groups excluding tert-OH is 1. The zero-order valence-electron chi connectivity index (χ0n) is 9.37. The molecule has 1 aromatic rings. The quantitative estimate of drug-likeness (QED) is 0.751. The number of carbonyl (C=O) groups excluding carboxylic acids is 1. The lowest BCUT2D eigenvalue weighted by Crippen LogP contribution is -2.33. The van der Waals surface area contributed by atoms with Crippen LogP contribution in [0.4, 0.5) is 13.2 Å². The first kappa shape index (κ1) is 14.5. The minimum atomic E-state index is -4.43. The highest BCUT2D eigenvalue weighted by molar-refractivity contribution is 5.76. The molecular formula is C11H13F3N2O2. The van der Waals surface area contributed by atoms with Gasteiger partial charge in [-0.1, -0.05) is 12.1 Å². The molecule has 1 aromatic carbocycles. The van der Waals surface area contributed by atoms with E-state index >= 15 is 0 Å². The third kappa shape index (κ3) is 4.01. The van der Waals surface area contributed by atoms with Gasteiger partial charge in [-0.2, -0.15) is 13.2 Å². The molecule has 0 bridgehead atoms. The molecule has 4 nitrogen and oxygen atoms in total. The maximum absolute atomic E-state index is 12.5. The van der Waals surface area contributed by atoms with Crippen LogP contribution < -0.4 is 11.1 Å². The summed E-state index contributed by atoms with van der Waals surface area (Å²) in [5.41, 5.74) is 5.13. The molecule has 4 N–H and O–H groups in total. The zero-order valence-corrected chi connectivity index (χ0v) is 9.37. The Morgan fingerprint density at radius 3 is 2.67 bits per heavy atom. The standard InChI is InChI=1S/C11H13F3N2O2/c12-11(13,14)8-3-1-2-7(4-8)9(15)5-16-10(18)6-17/h1-4,9,17H,5-6,15H2,(H,16,18). The van der Waals surface area contributed by atoms with Crippen LogP contribution in [0.1, 0.15) is 17.2 Å². The fourth-order valence-electron chi connectivity index (χ4n) is 1.34. The number of nitrogens with two attached hydrogens (primary N) is 1. The minimum Gasteiger partial charge on any atom is -0.387 e. The van der Waals surface area contributed by atoms with Gasteiger partial charge in [-0.3, -0.25) is 4.79 Å². The van der Waals surface area contributed by atoms with E-state index in [9.17, 15) is 18.0 Å². The summed E-state index contributed by atoms with van der Waals surface area (Å²) in [5, 5.41) is 10.8. The van der Waals surface area contributed by atoms with Crippen LogP contribution in [0.15, 0.2) is 24.3 Å². The summed E-state index contributed by atoms with van der Waals surface area (Å²) in [7, 11) is 0. The van der Waals surface area contributed by atoms with E-state index in [0.29, 0.717) is 0 Å². The fraction of sp³-hybridized carbons (Fsp3) is 0.364. The minimum absolute atomic E-state index is 0.0410. The largest absolute Gasteiger partial charge is 0.416 e. The summed E-state index contributed by atoms with van der Waals surface area (Å²) in [6, 6.07) is 3.83. The number of aliphatic hydroxyl groups is 1. The molecule has 0 radical (unpaired) electrons. The molecule has 1 amide bonds. The van der Waals surface area contributed by atoms with Crippen molar-refractivity contribution in [3.63, 3.8) is 0 Å². The first-order chi connectivity index (χ1) is 8.34. The van der Waals surface area contributed by atoms with Crippen molar-refractivity contribution in [3.05, 3.63) is 35.4 Å². The van der Waals surface area contributed by atoms with E-state index in [0.717, 1.165) is 12.1 Å². The molecule has 0 aliphatic heterocycles. The molecule has 0 saturated carbocycles. The highest BCUT2D eigenvalue weighted by Gasteiger charge is 2.30. The van der Waals surface area contributed by atoms with E-state index in [1.54, 1.807) is 0 Å². The Morgan fingerprint density at radius 2 is 2.11 bits per heavy atom. The van der Waals surface area contributed by atoms with Gasteiger partial charge >= 0.3 is 6.18 Å². The van der Waals surface area contributed by atoms with Gasteiger partial charge < -0.3 is 16.2 Å². The van der Waals surface area contributed by atoms with Crippen molar-refractivity contribution in [3.8, 4) is 0 Å². The number of carbonyl (C=O) groups is 1. The lowest BCUT2D eigenvalue weighted by molar-refractivity contribution is -0.137. The summed E-state index contributed by atoms with van der Waals surface area (Å²) in [5.74, 6) is -0.627. The van der Waals surface area contributed by atoms with Crippen molar-refractivity contribution < 1.29 is 23.1 Å². The molecule has 7 heteroatoms. The van der Waals surface area contributed by atoms with Crippen molar-refractivity contribution in [2.45, 2.75) is 12.2 Å². The fourth-order valence-corrected chi connectivity index (χ4v) is 1.34. The summed E-state index contributed by atoms with van der Waals surface area (Å²) in [4.78, 5) is 10.8. The second-order valence-electron chi connectivity index (χ2n) is 3.69. The molecule has 0 saturated heterocycles. The smallest absolute Gasteiger partial charge is 0.387 e. The highest BCUT2D eigenvalue weighted by atomic mass is 19.4. The molecule has 1 rings (SSSR count). The molecule has 0 aromatic heterocycles. The third-order valence-corrected chi connectivity index (χ3v) is 2.30. The molecule has 0 aliphatic rings. The van der Waals surface area contributed by atoms with Gasteiger partial charge in [0.2, 0.25) is 5.91 Å². The van der Waals surface area contributed by atoms with E-state index in [2.05, 4.69) is 5.32 Å². The SMILES string of the molecule is NC(CNC(=O)CO)c1cccc(C(F)(F)F)c1. The van der Waals surface area contributed by atoms with Gasteiger partial charge in [0.1, 0.15) is 6.61 Å². The van der Waals surface area contributed by atoms with Crippen LogP contribution in [0.2, 0.25) is 0 Å². The van der Waals surface area contributed by atoms with Crippen LogP contribution in [0.3, 0.4) is 0 Å². The molecular weight excluding hydrogens is 249 g/mol. The Kier molecular flexibility index (Phi) is 4.69. The van der Waals surface area contributed by atoms with E-state index in [4.69, 9.17) is 10.8 Å². The molecule has 1 atom stereocenters. The summed E-state index contributed by atoms with van der Waals surface area (Å²) in [6.07, 6.45) is -4.43. The maximum atomic E-state index is 12.5. The summed E-state index contributed by atoms with van der Waals surface area (Å²) < 4.78 is 37.4. The lowest BCUT2D eigenvalue weighted by Gasteiger charge is -2.15. The van der Waals surface area contributed by atoms with Crippen LogP contribution in [0, 0.1) is 0 Å². The monoisotopic (exact) mass is 262 g/mol. The van der Waals surface area contributed by atoms with Crippen LogP contribution in [-0.2, 0) is 11.0 Å². The topological polar surface area (TPSA) is 75.3 Å². The average molecular weight is 262 g/mol. The number of hydrogen-bond acceptors (Lipinski definition) is 3. The second-order valence-corrected chi connectivity index (χ2v) is 3.69. The van der Waals surface area contributed by atoms with Gasteiger partial charge in [0.15, 0.2) is 0 Å². The summed E-state index contributed by atoms with van der Waals surface area (Å²) >= 11 is 0. The van der Waals surface area contributed by atoms with Gasteiger partial charge in [-0.15, -0.1) is 0 Å². The number of benzene rings is 1. The predicted octanol–water partition coefficient (Wildman–Crippen LogP) is 0.814. The molecule has 1 unspecified atom stereocenters. The van der Waals surface area contributed by atoms with Crippen LogP contribution in [-0.4, -0.2) is 24.2 Å². The maximum Gasteiger partial charge on any atom is 0.416 e. The number of amides is 1. The lowest BCUT2D eigenvalue weighted by atomic mass is 10.0. The van der Waals surface area contributed by atoms with Crippen molar-refractivity contribution in [1.82, 2.24) is 5.32 Å². The Morgan fingerprint density at radius 1 is 1.44 bits per heavy atom. The third-order valence-electron chi connectivity index (χ3n) is 2.30. The number of hydrogen-bond donors (Lipinski definition) is 3. The van der Waals surface area contributed by atoms with Gasteiger partial charge in [0, 0.05) is 12.6 Å². The number of nitrogens with one attached hydrogen (secondary N) is 1. The summed E-state index contributed by atoms with van der Waals surface area (Å²) in [6.45, 7) is -0.726. The molecule has 0 aliphatic carbocycles. The predicted molar refractivity (Wildman–Crippen MR) is 58.5 cm³/mol. The Balaban J connectivity index is 2.74. The van der Waals surface area contributed by atoms with Crippen LogP contribution in [0.25, 0.3) is 0 Å². The van der Waals surface area contributed by atoms with E-state index < -0.39 is 30.3 Å². The molecule has 0 spiro atoms. The highest BCUT2D eigenvalue weighted by Crippen LogP contribution is 2.30. The van der Waals surface area contributed by atoms with Gasteiger partial charge in [0.05, 0.1) is 5.56 Å². The average Bonchev–Trinajstić information content (AvgIpc) is 2.34. The van der Waals surface area contributed by atoms with Crippen molar-refractivity contribution in [1.29, 1.82) is 0 Å². The van der Waals surface area contributed by atoms with Gasteiger partial charge in [-0.25, -0.2) is 0 Å². The number of halogens is 3. The first-order valence-electron chi connectivity index (χ1n) is 5.15. The number of alkyl halides is 3. The van der Waals surface area contributed by atoms with Gasteiger partial charge in [0.25, 0.3) is 0 Å². The Hall–Kier alpha value is -1.60. The normalized spacial score (nSPS) is 13.2. The van der Waals surface area contributed by atoms with E-state index in [-0.39, 0.29) is 12.1 Å². The van der Waals surface area contributed by atoms with Crippen LogP contribution in [0.5, 0.6) is 0 Å². The van der Waals surface area contributed by atoms with Crippen molar-refractivity contribution >= 4 is 5.91 Å². The second kappa shape index (κ2) is 5.83. The van der Waals surface area contributed by atoms with Gasteiger partial charge in [-0.05, 0) is 17.7 Å².